The average molecular weight is 458 g/mol. The first-order valence-corrected chi connectivity index (χ1v) is 10.2. The Hall–Kier alpha value is -2.67. The molecule has 0 aliphatic carbocycles. The van der Waals surface area contributed by atoms with Crippen molar-refractivity contribution in [2.24, 2.45) is 0 Å². The van der Waals surface area contributed by atoms with Gasteiger partial charge in [0, 0.05) is 11.6 Å². The van der Waals surface area contributed by atoms with Gasteiger partial charge < -0.3 is 14.2 Å². The number of amides is 1. The fourth-order valence-corrected chi connectivity index (χ4v) is 3.40. The van der Waals surface area contributed by atoms with Crippen LogP contribution in [0, 0.1) is 13.8 Å². The first-order chi connectivity index (χ1) is 13.8. The maximum absolute atomic E-state index is 12.8. The summed E-state index contributed by atoms with van der Waals surface area (Å²) in [5.41, 5.74) is 3.15. The minimum atomic E-state index is -0.150. The lowest BCUT2D eigenvalue weighted by Gasteiger charge is -2.25. The first kappa shape index (κ1) is 21.0. The summed E-state index contributed by atoms with van der Waals surface area (Å²) in [5, 5.41) is 4.04. The van der Waals surface area contributed by atoms with Crippen LogP contribution in [0.4, 0.5) is 0 Å². The minimum Gasteiger partial charge on any atom is -0.483 e. The Balaban J connectivity index is 1.66. The summed E-state index contributed by atoms with van der Waals surface area (Å²) < 4.78 is 11.9. The monoisotopic (exact) mass is 457 g/mol. The van der Waals surface area contributed by atoms with Crippen molar-refractivity contribution in [2.75, 3.05) is 6.61 Å². The maximum atomic E-state index is 12.8. The van der Waals surface area contributed by atoms with Crippen molar-refractivity contribution in [1.82, 2.24) is 15.0 Å². The topological polar surface area (TPSA) is 68.5 Å². The highest BCUT2D eigenvalue weighted by Gasteiger charge is 2.21. The predicted octanol–water partition coefficient (Wildman–Crippen LogP) is 4.93. The normalized spacial score (nSPS) is 11.0. The van der Waals surface area contributed by atoms with E-state index in [-0.39, 0.29) is 25.1 Å². The van der Waals surface area contributed by atoms with E-state index >= 15 is 0 Å². The molecule has 3 rings (SSSR count). The highest BCUT2D eigenvalue weighted by molar-refractivity contribution is 9.10. The third-order valence-electron chi connectivity index (χ3n) is 4.47. The molecule has 1 aromatic heterocycles. The number of nitrogens with zero attached hydrogens (tertiary/aromatic N) is 3. The van der Waals surface area contributed by atoms with E-state index in [4.69, 9.17) is 9.26 Å². The Kier molecular flexibility index (Phi) is 6.69. The van der Waals surface area contributed by atoms with E-state index in [0.717, 1.165) is 21.2 Å². The molecule has 0 radical (unpaired) electrons. The molecule has 0 aliphatic heterocycles. The number of carbonyl (C=O) groups is 1. The van der Waals surface area contributed by atoms with Gasteiger partial charge in [0.05, 0.1) is 4.47 Å². The molecule has 3 aromatic rings. The standard InChI is InChI=1S/C22H24BrN3O3/c1-14(2)26(21(27)13-28-19-10-7-16(4)11-18(19)23)12-20-24-22(25-29-20)17-8-5-15(3)6-9-17/h5-11,14H,12-13H2,1-4H3. The number of hydrogen-bond donors (Lipinski definition) is 0. The molecule has 0 unspecified atom stereocenters. The second-order valence-corrected chi connectivity index (χ2v) is 8.07. The lowest BCUT2D eigenvalue weighted by atomic mass is 10.1. The van der Waals surface area contributed by atoms with Crippen molar-refractivity contribution in [3.05, 3.63) is 64.0 Å². The van der Waals surface area contributed by atoms with E-state index in [0.29, 0.717) is 17.5 Å². The molecule has 0 saturated carbocycles. The molecule has 0 aliphatic rings. The van der Waals surface area contributed by atoms with Crippen LogP contribution in [0.3, 0.4) is 0 Å². The Morgan fingerprint density at radius 2 is 1.83 bits per heavy atom. The highest BCUT2D eigenvalue weighted by atomic mass is 79.9. The molecule has 1 heterocycles. The number of rotatable bonds is 7. The molecule has 0 N–H and O–H groups in total. The molecular formula is C22H24BrN3O3. The van der Waals surface area contributed by atoms with Gasteiger partial charge in [0.2, 0.25) is 11.7 Å². The van der Waals surface area contributed by atoms with Crippen LogP contribution >= 0.6 is 15.9 Å². The molecule has 0 atom stereocenters. The van der Waals surface area contributed by atoms with E-state index < -0.39 is 0 Å². The highest BCUT2D eigenvalue weighted by Crippen LogP contribution is 2.26. The Morgan fingerprint density at radius 3 is 2.48 bits per heavy atom. The predicted molar refractivity (Wildman–Crippen MR) is 115 cm³/mol. The van der Waals surface area contributed by atoms with Crippen molar-refractivity contribution in [1.29, 1.82) is 0 Å². The number of carbonyl (C=O) groups excluding carboxylic acids is 1. The van der Waals surface area contributed by atoms with Crippen LogP contribution in [0.25, 0.3) is 11.4 Å². The van der Waals surface area contributed by atoms with Gasteiger partial charge in [-0.3, -0.25) is 4.79 Å². The smallest absolute Gasteiger partial charge is 0.261 e. The average Bonchev–Trinajstić information content (AvgIpc) is 3.14. The summed E-state index contributed by atoms with van der Waals surface area (Å²) in [6.45, 7) is 8.06. The lowest BCUT2D eigenvalue weighted by molar-refractivity contribution is -0.136. The molecule has 1 amide bonds. The Labute approximate surface area is 179 Å². The SMILES string of the molecule is Cc1ccc(-c2noc(CN(C(=O)COc3ccc(C)cc3Br)C(C)C)n2)cc1. The van der Waals surface area contributed by atoms with Crippen LogP contribution in [0.15, 0.2) is 51.5 Å². The molecule has 0 bridgehead atoms. The van der Waals surface area contributed by atoms with Crippen LogP contribution in [-0.2, 0) is 11.3 Å². The lowest BCUT2D eigenvalue weighted by Crippen LogP contribution is -2.39. The number of ether oxygens (including phenoxy) is 1. The van der Waals surface area contributed by atoms with Crippen LogP contribution in [0.1, 0.15) is 30.9 Å². The molecule has 7 heteroatoms. The third-order valence-corrected chi connectivity index (χ3v) is 5.09. The summed E-state index contributed by atoms with van der Waals surface area (Å²) in [5.74, 6) is 1.38. The summed E-state index contributed by atoms with van der Waals surface area (Å²) in [6, 6.07) is 13.6. The van der Waals surface area contributed by atoms with Crippen LogP contribution in [0.2, 0.25) is 0 Å². The van der Waals surface area contributed by atoms with Crippen molar-refractivity contribution in [3.63, 3.8) is 0 Å². The van der Waals surface area contributed by atoms with E-state index in [1.165, 1.54) is 0 Å². The molecule has 2 aromatic carbocycles. The zero-order chi connectivity index (χ0) is 21.0. The molecule has 152 valence electrons. The van der Waals surface area contributed by atoms with E-state index in [9.17, 15) is 4.79 Å². The number of aryl methyl sites for hydroxylation is 2. The largest absolute Gasteiger partial charge is 0.483 e. The van der Waals surface area contributed by atoms with Gasteiger partial charge in [-0.15, -0.1) is 0 Å². The van der Waals surface area contributed by atoms with Crippen molar-refractivity contribution in [2.45, 2.75) is 40.3 Å². The molecule has 6 nitrogen and oxygen atoms in total. The zero-order valence-electron chi connectivity index (χ0n) is 17.0. The number of halogens is 1. The van der Waals surface area contributed by atoms with Crippen molar-refractivity contribution in [3.8, 4) is 17.1 Å². The zero-order valence-corrected chi connectivity index (χ0v) is 18.6. The maximum Gasteiger partial charge on any atom is 0.261 e. The second-order valence-electron chi connectivity index (χ2n) is 7.22. The van der Waals surface area contributed by atoms with Gasteiger partial charge in [0.15, 0.2) is 6.61 Å². The van der Waals surface area contributed by atoms with Gasteiger partial charge in [-0.25, -0.2) is 0 Å². The van der Waals surface area contributed by atoms with Gasteiger partial charge >= 0.3 is 0 Å². The van der Waals surface area contributed by atoms with E-state index in [1.807, 2.05) is 70.2 Å². The first-order valence-electron chi connectivity index (χ1n) is 9.41. The summed E-state index contributed by atoms with van der Waals surface area (Å²) in [4.78, 5) is 18.8. The summed E-state index contributed by atoms with van der Waals surface area (Å²) in [6.07, 6.45) is 0. The molecule has 0 spiro atoms. The van der Waals surface area contributed by atoms with Gasteiger partial charge in [0.25, 0.3) is 5.91 Å². The molecule has 0 fully saturated rings. The number of aromatic nitrogens is 2. The van der Waals surface area contributed by atoms with Gasteiger partial charge in [-0.2, -0.15) is 4.98 Å². The molecule has 0 saturated heterocycles. The fraction of sp³-hybridized carbons (Fsp3) is 0.318. The Bertz CT molecular complexity index is 983. The molecule has 29 heavy (non-hydrogen) atoms. The second kappa shape index (κ2) is 9.22. The minimum absolute atomic E-state index is 0.0396. The van der Waals surface area contributed by atoms with Crippen molar-refractivity contribution < 1.29 is 14.1 Å². The van der Waals surface area contributed by atoms with Crippen molar-refractivity contribution >= 4 is 21.8 Å². The molecular weight excluding hydrogens is 434 g/mol. The van der Waals surface area contributed by atoms with Crippen LogP contribution in [-0.4, -0.2) is 33.6 Å². The quantitative estimate of drug-likeness (QED) is 0.502. The number of benzene rings is 2. The van der Waals surface area contributed by atoms with Gasteiger partial charge in [0.1, 0.15) is 12.3 Å². The summed E-state index contributed by atoms with van der Waals surface area (Å²) >= 11 is 3.46. The number of hydrogen-bond acceptors (Lipinski definition) is 5. The van der Waals surface area contributed by atoms with Crippen LogP contribution < -0.4 is 4.74 Å². The van der Waals surface area contributed by atoms with E-state index in [2.05, 4.69) is 26.1 Å². The van der Waals surface area contributed by atoms with E-state index in [1.54, 1.807) is 4.90 Å². The van der Waals surface area contributed by atoms with Gasteiger partial charge in [-0.1, -0.05) is 41.1 Å². The van der Waals surface area contributed by atoms with Gasteiger partial charge in [-0.05, 0) is 61.3 Å². The third kappa shape index (κ3) is 5.44. The summed E-state index contributed by atoms with van der Waals surface area (Å²) in [7, 11) is 0. The Morgan fingerprint density at radius 1 is 1.14 bits per heavy atom. The fourth-order valence-electron chi connectivity index (χ4n) is 2.79. The van der Waals surface area contributed by atoms with Crippen LogP contribution in [0.5, 0.6) is 5.75 Å².